The molecule has 0 amide bonds. The Morgan fingerprint density at radius 2 is 2.00 bits per heavy atom. The zero-order valence-corrected chi connectivity index (χ0v) is 12.2. The van der Waals surface area contributed by atoms with E-state index in [1.165, 1.54) is 4.90 Å². The standard InChI is InChI=1S/C13H19F3N4O/c1-8-7-20(5-4-9(8)21)12-17-10(13(14,15)16)6-11(18-12)19(2)3/h6,8-9,21H,4-5,7H2,1-3H3. The first kappa shape index (κ1) is 15.8. The average molecular weight is 304 g/mol. The second kappa shape index (κ2) is 5.67. The fourth-order valence-corrected chi connectivity index (χ4v) is 2.25. The number of aliphatic hydroxyl groups is 1. The molecule has 5 nitrogen and oxygen atoms in total. The van der Waals surface area contributed by atoms with Crippen LogP contribution < -0.4 is 9.80 Å². The van der Waals surface area contributed by atoms with E-state index in [-0.39, 0.29) is 17.7 Å². The molecule has 1 fully saturated rings. The number of rotatable bonds is 2. The molecule has 0 saturated carbocycles. The van der Waals surface area contributed by atoms with Gasteiger partial charge in [-0.25, -0.2) is 4.98 Å². The number of hydrogen-bond donors (Lipinski definition) is 1. The van der Waals surface area contributed by atoms with E-state index < -0.39 is 18.0 Å². The van der Waals surface area contributed by atoms with Crippen LogP contribution in [0.4, 0.5) is 24.9 Å². The monoisotopic (exact) mass is 304 g/mol. The molecule has 0 radical (unpaired) electrons. The Bertz CT molecular complexity index is 507. The molecule has 2 unspecified atom stereocenters. The molecule has 1 aromatic rings. The highest BCUT2D eigenvalue weighted by atomic mass is 19.4. The Kier molecular flexibility index (Phi) is 4.27. The van der Waals surface area contributed by atoms with E-state index in [0.717, 1.165) is 6.07 Å². The fraction of sp³-hybridized carbons (Fsp3) is 0.692. The van der Waals surface area contributed by atoms with Crippen LogP contribution in [0.1, 0.15) is 19.0 Å². The van der Waals surface area contributed by atoms with Crippen LogP contribution in [0.3, 0.4) is 0 Å². The molecule has 1 aliphatic heterocycles. The van der Waals surface area contributed by atoms with E-state index in [4.69, 9.17) is 0 Å². The predicted octanol–water partition coefficient (Wildman–Crippen LogP) is 1.77. The quantitative estimate of drug-likeness (QED) is 0.902. The molecular formula is C13H19F3N4O. The van der Waals surface area contributed by atoms with Gasteiger partial charge in [-0.15, -0.1) is 0 Å². The molecule has 0 aromatic carbocycles. The van der Waals surface area contributed by atoms with Crippen molar-refractivity contribution < 1.29 is 18.3 Å². The minimum Gasteiger partial charge on any atom is -0.393 e. The van der Waals surface area contributed by atoms with Crippen LogP contribution in [0.5, 0.6) is 0 Å². The van der Waals surface area contributed by atoms with Crippen molar-refractivity contribution in [1.82, 2.24) is 9.97 Å². The smallest absolute Gasteiger partial charge is 0.393 e. The van der Waals surface area contributed by atoms with Gasteiger partial charge in [0.15, 0.2) is 5.69 Å². The molecule has 2 heterocycles. The molecule has 1 aromatic heterocycles. The number of anilines is 2. The Hall–Kier alpha value is -1.57. The van der Waals surface area contributed by atoms with E-state index in [9.17, 15) is 18.3 Å². The summed E-state index contributed by atoms with van der Waals surface area (Å²) in [5.74, 6) is 0.248. The summed E-state index contributed by atoms with van der Waals surface area (Å²) in [6.45, 7) is 2.74. The first-order valence-electron chi connectivity index (χ1n) is 6.75. The van der Waals surface area contributed by atoms with E-state index in [1.54, 1.807) is 19.0 Å². The van der Waals surface area contributed by atoms with Gasteiger partial charge in [-0.3, -0.25) is 0 Å². The summed E-state index contributed by atoms with van der Waals surface area (Å²) in [5.41, 5.74) is -0.949. The van der Waals surface area contributed by atoms with Crippen molar-refractivity contribution >= 4 is 11.8 Å². The minimum atomic E-state index is -4.51. The van der Waals surface area contributed by atoms with Crippen molar-refractivity contribution in [3.63, 3.8) is 0 Å². The lowest BCUT2D eigenvalue weighted by atomic mass is 9.97. The van der Waals surface area contributed by atoms with Crippen molar-refractivity contribution in [2.75, 3.05) is 37.0 Å². The van der Waals surface area contributed by atoms with Crippen LogP contribution in [0.2, 0.25) is 0 Å². The van der Waals surface area contributed by atoms with Gasteiger partial charge in [0.25, 0.3) is 0 Å². The lowest BCUT2D eigenvalue weighted by Crippen LogP contribution is -2.43. The Labute approximate surface area is 121 Å². The van der Waals surface area contributed by atoms with Gasteiger partial charge in [-0.05, 0) is 12.3 Å². The first-order valence-corrected chi connectivity index (χ1v) is 6.75. The van der Waals surface area contributed by atoms with Crippen molar-refractivity contribution in [2.24, 2.45) is 5.92 Å². The van der Waals surface area contributed by atoms with E-state index in [1.807, 2.05) is 6.92 Å². The van der Waals surface area contributed by atoms with Crippen molar-refractivity contribution in [3.05, 3.63) is 11.8 Å². The maximum atomic E-state index is 12.9. The number of aromatic nitrogens is 2. The first-order chi connectivity index (χ1) is 9.68. The molecule has 1 aliphatic rings. The summed E-state index contributed by atoms with van der Waals surface area (Å²) >= 11 is 0. The van der Waals surface area contributed by atoms with Crippen LogP contribution in [0.25, 0.3) is 0 Å². The molecule has 118 valence electrons. The lowest BCUT2D eigenvalue weighted by Gasteiger charge is -2.34. The molecule has 2 atom stereocenters. The van der Waals surface area contributed by atoms with E-state index >= 15 is 0 Å². The summed E-state index contributed by atoms with van der Waals surface area (Å²) in [4.78, 5) is 11.1. The molecule has 0 spiro atoms. The number of nitrogens with zero attached hydrogens (tertiary/aromatic N) is 4. The molecule has 0 aliphatic carbocycles. The van der Waals surface area contributed by atoms with Crippen molar-refractivity contribution in [1.29, 1.82) is 0 Å². The van der Waals surface area contributed by atoms with Crippen LogP contribution in [0.15, 0.2) is 6.07 Å². The largest absolute Gasteiger partial charge is 0.433 e. The van der Waals surface area contributed by atoms with Gasteiger partial charge < -0.3 is 14.9 Å². The second-order valence-electron chi connectivity index (χ2n) is 5.58. The van der Waals surface area contributed by atoms with Crippen LogP contribution in [-0.2, 0) is 6.18 Å². The van der Waals surface area contributed by atoms with Crippen LogP contribution in [0, 0.1) is 5.92 Å². The van der Waals surface area contributed by atoms with Gasteiger partial charge in [0, 0.05) is 33.3 Å². The number of halogens is 3. The summed E-state index contributed by atoms with van der Waals surface area (Å²) in [6.07, 6.45) is -4.44. The highest BCUT2D eigenvalue weighted by Crippen LogP contribution is 2.31. The second-order valence-corrected chi connectivity index (χ2v) is 5.58. The van der Waals surface area contributed by atoms with Crippen LogP contribution >= 0.6 is 0 Å². The van der Waals surface area contributed by atoms with Gasteiger partial charge in [0.2, 0.25) is 5.95 Å². The highest BCUT2D eigenvalue weighted by molar-refractivity contribution is 5.46. The lowest BCUT2D eigenvalue weighted by molar-refractivity contribution is -0.141. The maximum absolute atomic E-state index is 12.9. The molecule has 1 saturated heterocycles. The Balaban J connectivity index is 2.36. The molecule has 8 heteroatoms. The maximum Gasteiger partial charge on any atom is 0.433 e. The SMILES string of the molecule is CC1CN(c2nc(N(C)C)cc(C(F)(F)F)n2)CCC1O. The number of aliphatic hydroxyl groups excluding tert-OH is 1. The molecular weight excluding hydrogens is 285 g/mol. The number of piperidine rings is 1. The molecule has 2 rings (SSSR count). The molecule has 21 heavy (non-hydrogen) atoms. The van der Waals surface area contributed by atoms with Crippen molar-refractivity contribution in [2.45, 2.75) is 25.6 Å². The summed E-state index contributed by atoms with van der Waals surface area (Å²) in [5, 5.41) is 9.71. The summed E-state index contributed by atoms with van der Waals surface area (Å²) < 4.78 is 38.8. The van der Waals surface area contributed by atoms with Gasteiger partial charge in [-0.2, -0.15) is 18.2 Å². The Morgan fingerprint density at radius 1 is 1.33 bits per heavy atom. The summed E-state index contributed by atoms with van der Waals surface area (Å²) in [6, 6.07) is 0.936. The zero-order valence-electron chi connectivity index (χ0n) is 12.2. The Morgan fingerprint density at radius 3 is 2.52 bits per heavy atom. The van der Waals surface area contributed by atoms with Gasteiger partial charge in [-0.1, -0.05) is 6.92 Å². The topological polar surface area (TPSA) is 52.5 Å². The number of alkyl halides is 3. The predicted molar refractivity (Wildman–Crippen MR) is 73.4 cm³/mol. The zero-order chi connectivity index (χ0) is 15.8. The van der Waals surface area contributed by atoms with E-state index in [0.29, 0.717) is 19.5 Å². The molecule has 0 bridgehead atoms. The van der Waals surface area contributed by atoms with Gasteiger partial charge in [0.05, 0.1) is 6.10 Å². The third-order valence-corrected chi connectivity index (χ3v) is 3.59. The fourth-order valence-electron chi connectivity index (χ4n) is 2.25. The summed E-state index contributed by atoms with van der Waals surface area (Å²) in [7, 11) is 3.27. The third-order valence-electron chi connectivity index (χ3n) is 3.59. The average Bonchev–Trinajstić information content (AvgIpc) is 2.40. The van der Waals surface area contributed by atoms with Gasteiger partial charge in [0.1, 0.15) is 5.82 Å². The highest BCUT2D eigenvalue weighted by Gasteiger charge is 2.35. The molecule has 1 N–H and O–H groups in total. The van der Waals surface area contributed by atoms with Gasteiger partial charge >= 0.3 is 6.18 Å². The number of hydrogen-bond acceptors (Lipinski definition) is 5. The third kappa shape index (κ3) is 3.55. The van der Waals surface area contributed by atoms with Crippen molar-refractivity contribution in [3.8, 4) is 0 Å². The van der Waals surface area contributed by atoms with E-state index in [2.05, 4.69) is 9.97 Å². The normalized spacial score (nSPS) is 23.3. The van der Waals surface area contributed by atoms with Crippen LogP contribution in [-0.4, -0.2) is 48.4 Å². The minimum absolute atomic E-state index is 0.0281.